The predicted octanol–water partition coefficient (Wildman–Crippen LogP) is 1.93. The number of carboxylic acid groups (broad SMARTS) is 1. The van der Waals surface area contributed by atoms with Crippen molar-refractivity contribution in [3.8, 4) is 6.07 Å². The second-order valence-electron chi connectivity index (χ2n) is 5.72. The molecule has 0 heterocycles. The maximum atomic E-state index is 12.5. The Labute approximate surface area is 156 Å². The van der Waals surface area contributed by atoms with Crippen LogP contribution in [0.4, 0.5) is 0 Å². The van der Waals surface area contributed by atoms with Crippen molar-refractivity contribution in [1.29, 1.82) is 5.26 Å². The largest absolute Gasteiger partial charge is 0.478 e. The molecule has 3 N–H and O–H groups in total. The smallest absolute Gasteiger partial charge is 0.336 e. The average Bonchev–Trinajstić information content (AvgIpc) is 2.69. The van der Waals surface area contributed by atoms with E-state index in [2.05, 4.69) is 10.6 Å². The second-order valence-corrected chi connectivity index (χ2v) is 5.72. The quantitative estimate of drug-likeness (QED) is 0.618. The van der Waals surface area contributed by atoms with Gasteiger partial charge in [0.05, 0.1) is 29.5 Å². The lowest BCUT2D eigenvalue weighted by Crippen LogP contribution is -2.38. The lowest BCUT2D eigenvalue weighted by molar-refractivity contribution is -0.122. The van der Waals surface area contributed by atoms with E-state index in [-0.39, 0.29) is 36.5 Å². The van der Waals surface area contributed by atoms with Crippen LogP contribution in [0.3, 0.4) is 0 Å². The molecule has 0 aliphatic heterocycles. The molecule has 2 rings (SSSR count). The van der Waals surface area contributed by atoms with Crippen LogP contribution in [-0.4, -0.2) is 36.0 Å². The summed E-state index contributed by atoms with van der Waals surface area (Å²) in [6.45, 7) is 0.212. The van der Waals surface area contributed by atoms with Crippen LogP contribution in [0, 0.1) is 11.3 Å². The Balaban J connectivity index is 2.14. The maximum absolute atomic E-state index is 12.5. The first-order chi connectivity index (χ1) is 13.0. The predicted molar refractivity (Wildman–Crippen MR) is 98.2 cm³/mol. The van der Waals surface area contributed by atoms with Gasteiger partial charge >= 0.3 is 5.97 Å². The SMILES string of the molecule is N#CCCNC(=O)C(CNC(=O)c1ccccc1C(=O)O)c1ccccc1. The number of nitriles is 1. The number of rotatable bonds is 8. The normalized spacial score (nSPS) is 11.1. The van der Waals surface area contributed by atoms with Crippen molar-refractivity contribution in [3.05, 3.63) is 71.3 Å². The monoisotopic (exact) mass is 365 g/mol. The fourth-order valence-corrected chi connectivity index (χ4v) is 2.57. The van der Waals surface area contributed by atoms with E-state index in [0.717, 1.165) is 0 Å². The lowest BCUT2D eigenvalue weighted by atomic mass is 9.97. The number of carbonyl (C=O) groups is 3. The standard InChI is InChI=1S/C20H19N3O4/c21-11-6-12-22-19(25)17(14-7-2-1-3-8-14)13-23-18(24)15-9-4-5-10-16(15)20(26)27/h1-5,7-10,17H,6,12-13H2,(H,22,25)(H,23,24)(H,26,27). The number of carbonyl (C=O) groups excluding carboxylic acids is 2. The summed E-state index contributed by atoms with van der Waals surface area (Å²) in [6, 6.07) is 16.8. The molecule has 0 saturated heterocycles. The van der Waals surface area contributed by atoms with Gasteiger partial charge in [0.15, 0.2) is 0 Å². The van der Waals surface area contributed by atoms with E-state index in [0.29, 0.717) is 5.56 Å². The highest BCUT2D eigenvalue weighted by Gasteiger charge is 2.22. The minimum Gasteiger partial charge on any atom is -0.478 e. The molecule has 7 nitrogen and oxygen atoms in total. The van der Waals surface area contributed by atoms with Gasteiger partial charge in [0.2, 0.25) is 5.91 Å². The molecule has 27 heavy (non-hydrogen) atoms. The summed E-state index contributed by atoms with van der Waals surface area (Å²) in [5.74, 6) is -2.75. The number of hydrogen-bond acceptors (Lipinski definition) is 4. The van der Waals surface area contributed by atoms with Gasteiger partial charge in [-0.2, -0.15) is 5.26 Å². The number of nitrogens with one attached hydrogen (secondary N) is 2. The lowest BCUT2D eigenvalue weighted by Gasteiger charge is -2.18. The Morgan fingerprint density at radius 1 is 0.963 bits per heavy atom. The number of aromatic carboxylic acids is 1. The zero-order chi connectivity index (χ0) is 19.6. The first kappa shape index (κ1) is 19.7. The van der Waals surface area contributed by atoms with Crippen LogP contribution in [0.5, 0.6) is 0 Å². The molecule has 7 heteroatoms. The van der Waals surface area contributed by atoms with Crippen molar-refractivity contribution < 1.29 is 19.5 Å². The van der Waals surface area contributed by atoms with Crippen molar-refractivity contribution >= 4 is 17.8 Å². The molecular formula is C20H19N3O4. The third-order valence-electron chi connectivity index (χ3n) is 3.92. The summed E-state index contributed by atoms with van der Waals surface area (Å²) >= 11 is 0. The van der Waals surface area contributed by atoms with Crippen LogP contribution < -0.4 is 10.6 Å². The molecular weight excluding hydrogens is 346 g/mol. The first-order valence-corrected chi connectivity index (χ1v) is 8.34. The number of nitrogens with zero attached hydrogens (tertiary/aromatic N) is 1. The van der Waals surface area contributed by atoms with Crippen molar-refractivity contribution in [2.45, 2.75) is 12.3 Å². The molecule has 0 spiro atoms. The van der Waals surface area contributed by atoms with Crippen molar-refractivity contribution in [2.24, 2.45) is 0 Å². The topological polar surface area (TPSA) is 119 Å². The van der Waals surface area contributed by atoms with Gasteiger partial charge in [-0.1, -0.05) is 42.5 Å². The van der Waals surface area contributed by atoms with Crippen LogP contribution in [0.2, 0.25) is 0 Å². The average molecular weight is 365 g/mol. The molecule has 2 aromatic carbocycles. The molecule has 0 saturated carbocycles. The molecule has 0 bridgehead atoms. The van der Waals surface area contributed by atoms with E-state index in [1.807, 2.05) is 12.1 Å². The van der Waals surface area contributed by atoms with Crippen molar-refractivity contribution in [2.75, 3.05) is 13.1 Å². The summed E-state index contributed by atoms with van der Waals surface area (Å²) in [7, 11) is 0. The summed E-state index contributed by atoms with van der Waals surface area (Å²) in [5.41, 5.74) is 0.630. The summed E-state index contributed by atoms with van der Waals surface area (Å²) < 4.78 is 0. The van der Waals surface area contributed by atoms with E-state index in [4.69, 9.17) is 5.26 Å². The van der Waals surface area contributed by atoms with E-state index < -0.39 is 17.8 Å². The van der Waals surface area contributed by atoms with Crippen LogP contribution >= 0.6 is 0 Å². The van der Waals surface area contributed by atoms with E-state index in [1.165, 1.54) is 18.2 Å². The molecule has 0 fully saturated rings. The van der Waals surface area contributed by atoms with Crippen molar-refractivity contribution in [3.63, 3.8) is 0 Å². The second kappa shape index (κ2) is 9.73. The minimum absolute atomic E-state index is 0.00477. The van der Waals surface area contributed by atoms with E-state index >= 15 is 0 Å². The highest BCUT2D eigenvalue weighted by Crippen LogP contribution is 2.16. The summed E-state index contributed by atoms with van der Waals surface area (Å²) in [6.07, 6.45) is 0.186. The molecule has 138 valence electrons. The molecule has 1 unspecified atom stereocenters. The Bertz CT molecular complexity index is 859. The van der Waals surface area contributed by atoms with Gasteiger partial charge in [-0.25, -0.2) is 4.79 Å². The molecule has 0 radical (unpaired) electrons. The Morgan fingerprint density at radius 3 is 2.22 bits per heavy atom. The Kier molecular flexibility index (Phi) is 7.08. The van der Waals surface area contributed by atoms with Crippen molar-refractivity contribution in [1.82, 2.24) is 10.6 Å². The molecule has 0 aliphatic carbocycles. The highest BCUT2D eigenvalue weighted by molar-refractivity contribution is 6.04. The third kappa shape index (κ3) is 5.41. The van der Waals surface area contributed by atoms with Crippen LogP contribution in [0.15, 0.2) is 54.6 Å². The fourth-order valence-electron chi connectivity index (χ4n) is 2.57. The van der Waals surface area contributed by atoms with Gasteiger partial charge in [0.25, 0.3) is 5.91 Å². The third-order valence-corrected chi connectivity index (χ3v) is 3.92. The number of hydrogen-bond donors (Lipinski definition) is 3. The molecule has 2 amide bonds. The van der Waals surface area contributed by atoms with Crippen LogP contribution in [-0.2, 0) is 4.79 Å². The van der Waals surface area contributed by atoms with Gasteiger partial charge in [-0.3, -0.25) is 9.59 Å². The van der Waals surface area contributed by atoms with E-state index in [1.54, 1.807) is 30.3 Å². The van der Waals surface area contributed by atoms with E-state index in [9.17, 15) is 19.5 Å². The molecule has 2 aromatic rings. The summed E-state index contributed by atoms with van der Waals surface area (Å²) in [5, 5.41) is 23.1. The zero-order valence-corrected chi connectivity index (χ0v) is 14.5. The first-order valence-electron chi connectivity index (χ1n) is 8.34. The fraction of sp³-hybridized carbons (Fsp3) is 0.200. The highest BCUT2D eigenvalue weighted by atomic mass is 16.4. The summed E-state index contributed by atoms with van der Waals surface area (Å²) in [4.78, 5) is 36.2. The minimum atomic E-state index is -1.20. The Morgan fingerprint density at radius 2 is 1.59 bits per heavy atom. The number of benzene rings is 2. The van der Waals surface area contributed by atoms with Gasteiger partial charge in [0, 0.05) is 13.1 Å². The number of amides is 2. The van der Waals surface area contributed by atoms with Gasteiger partial charge in [-0.15, -0.1) is 0 Å². The molecule has 1 atom stereocenters. The molecule has 0 aliphatic rings. The molecule has 0 aromatic heterocycles. The van der Waals surface area contributed by atoms with Crippen LogP contribution in [0.25, 0.3) is 0 Å². The van der Waals surface area contributed by atoms with Gasteiger partial charge in [0.1, 0.15) is 0 Å². The maximum Gasteiger partial charge on any atom is 0.336 e. The van der Waals surface area contributed by atoms with Gasteiger partial charge < -0.3 is 15.7 Å². The van der Waals surface area contributed by atoms with Crippen LogP contribution in [0.1, 0.15) is 38.6 Å². The number of carboxylic acids is 1. The zero-order valence-electron chi connectivity index (χ0n) is 14.5. The van der Waals surface area contributed by atoms with Gasteiger partial charge in [-0.05, 0) is 17.7 Å². The Hall–Kier alpha value is -3.66.